The summed E-state index contributed by atoms with van der Waals surface area (Å²) >= 11 is 1.69. The molecule has 3 rings (SSSR count). The molecule has 0 bridgehead atoms. The quantitative estimate of drug-likeness (QED) is 0.902. The molecule has 0 saturated heterocycles. The maximum absolute atomic E-state index is 11.6. The predicted octanol–water partition coefficient (Wildman–Crippen LogP) is 4.28. The van der Waals surface area contributed by atoms with Gasteiger partial charge in [-0.25, -0.2) is 9.78 Å². The number of amides is 1. The molecule has 1 unspecified atom stereocenters. The zero-order valence-corrected chi connectivity index (χ0v) is 15.3. The Hall–Kier alpha value is -1.92. The van der Waals surface area contributed by atoms with E-state index in [1.54, 1.807) is 11.3 Å². The zero-order valence-electron chi connectivity index (χ0n) is 14.5. The van der Waals surface area contributed by atoms with Gasteiger partial charge in [0.25, 0.3) is 0 Å². The van der Waals surface area contributed by atoms with Gasteiger partial charge in [-0.3, -0.25) is 4.90 Å². The summed E-state index contributed by atoms with van der Waals surface area (Å²) in [5.41, 5.74) is 2.63. The Bertz CT molecular complexity index is 797. The van der Waals surface area contributed by atoms with Crippen LogP contribution in [-0.2, 0) is 0 Å². The van der Waals surface area contributed by atoms with Crippen LogP contribution >= 0.6 is 11.3 Å². The van der Waals surface area contributed by atoms with E-state index in [1.807, 2.05) is 38.4 Å². The van der Waals surface area contributed by atoms with Crippen molar-refractivity contribution in [3.63, 3.8) is 0 Å². The van der Waals surface area contributed by atoms with Crippen molar-refractivity contribution < 1.29 is 9.90 Å². The summed E-state index contributed by atoms with van der Waals surface area (Å²) in [5.74, 6) is 0.348. The van der Waals surface area contributed by atoms with Gasteiger partial charge >= 0.3 is 6.09 Å². The Balaban J connectivity index is 1.99. The van der Waals surface area contributed by atoms with Gasteiger partial charge in [0.05, 0.1) is 22.0 Å². The van der Waals surface area contributed by atoms with Crippen molar-refractivity contribution in [3.8, 4) is 0 Å². The Kier molecular flexibility index (Phi) is 4.60. The lowest BCUT2D eigenvalue weighted by Gasteiger charge is -2.29. The van der Waals surface area contributed by atoms with Crippen LogP contribution in [0.25, 0.3) is 15.9 Å². The van der Waals surface area contributed by atoms with Gasteiger partial charge in [-0.1, -0.05) is 19.1 Å². The molecule has 0 aliphatic carbocycles. The zero-order chi connectivity index (χ0) is 17.4. The molecule has 6 heteroatoms. The first-order valence-corrected chi connectivity index (χ1v) is 8.96. The standard InChI is InChI=1S/C18H23N3O2S/c1-11-5-7-15(21(10-11)18(22)23)13-6-8-16-14(9-13)19-17(24-16)12(2)20(3)4/h6-9,11-12H,5,10H2,1-4H3,(H,22,23)/t11-,12?/m0/s1. The van der Waals surface area contributed by atoms with Crippen LogP contribution in [-0.4, -0.2) is 46.6 Å². The molecule has 0 radical (unpaired) electrons. The van der Waals surface area contributed by atoms with E-state index in [1.165, 1.54) is 4.90 Å². The number of fused-ring (bicyclic) bond motifs is 1. The van der Waals surface area contributed by atoms with Gasteiger partial charge in [-0.05, 0) is 45.5 Å². The summed E-state index contributed by atoms with van der Waals surface area (Å²) in [6, 6.07) is 6.32. The van der Waals surface area contributed by atoms with Crippen LogP contribution in [0, 0.1) is 5.92 Å². The maximum Gasteiger partial charge on any atom is 0.411 e. The number of allylic oxidation sites excluding steroid dienone is 1. The molecule has 24 heavy (non-hydrogen) atoms. The van der Waals surface area contributed by atoms with E-state index in [0.717, 1.165) is 32.9 Å². The minimum Gasteiger partial charge on any atom is -0.465 e. The van der Waals surface area contributed by atoms with E-state index < -0.39 is 6.09 Å². The van der Waals surface area contributed by atoms with Crippen LogP contribution in [0.3, 0.4) is 0 Å². The minimum atomic E-state index is -0.895. The monoisotopic (exact) mass is 345 g/mol. The summed E-state index contributed by atoms with van der Waals surface area (Å²) in [6.07, 6.45) is 2.03. The summed E-state index contributed by atoms with van der Waals surface area (Å²) in [4.78, 5) is 19.9. The average molecular weight is 345 g/mol. The van der Waals surface area contributed by atoms with Crippen molar-refractivity contribution in [2.24, 2.45) is 5.92 Å². The number of thiazole rings is 1. The fraction of sp³-hybridized carbons (Fsp3) is 0.444. The molecule has 0 saturated carbocycles. The highest BCUT2D eigenvalue weighted by atomic mass is 32.1. The molecule has 2 aromatic rings. The van der Waals surface area contributed by atoms with Crippen molar-refractivity contribution >= 4 is 33.3 Å². The van der Waals surface area contributed by atoms with E-state index in [-0.39, 0.29) is 6.04 Å². The molecule has 0 spiro atoms. The highest BCUT2D eigenvalue weighted by Crippen LogP contribution is 2.33. The number of carboxylic acid groups (broad SMARTS) is 1. The van der Waals surface area contributed by atoms with Crippen molar-refractivity contribution in [3.05, 3.63) is 34.8 Å². The first-order chi connectivity index (χ1) is 11.4. The number of aromatic nitrogens is 1. The van der Waals surface area contributed by atoms with E-state index in [2.05, 4.69) is 18.7 Å². The summed E-state index contributed by atoms with van der Waals surface area (Å²) in [6.45, 7) is 4.75. The largest absolute Gasteiger partial charge is 0.465 e. The van der Waals surface area contributed by atoms with Gasteiger partial charge in [0, 0.05) is 12.1 Å². The molecular formula is C18H23N3O2S. The molecule has 128 valence electrons. The summed E-state index contributed by atoms with van der Waals surface area (Å²) in [5, 5.41) is 10.6. The van der Waals surface area contributed by atoms with Gasteiger partial charge in [0.15, 0.2) is 0 Å². The molecule has 1 N–H and O–H groups in total. The fourth-order valence-corrected chi connectivity index (χ4v) is 3.96. The SMILES string of the molecule is CC(c1nc2cc(C3=CC[C@H](C)CN3C(=O)O)ccc2s1)N(C)C. The van der Waals surface area contributed by atoms with E-state index >= 15 is 0 Å². The molecule has 1 aromatic heterocycles. The minimum absolute atomic E-state index is 0.260. The number of nitrogens with zero attached hydrogens (tertiary/aromatic N) is 3. The van der Waals surface area contributed by atoms with Crippen molar-refractivity contribution in [1.29, 1.82) is 0 Å². The third-order valence-electron chi connectivity index (χ3n) is 4.56. The number of hydrogen-bond acceptors (Lipinski definition) is 4. The summed E-state index contributed by atoms with van der Waals surface area (Å²) < 4.78 is 1.13. The van der Waals surface area contributed by atoms with Gasteiger partial charge < -0.3 is 10.0 Å². The molecule has 2 atom stereocenters. The molecule has 5 nitrogen and oxygen atoms in total. The van der Waals surface area contributed by atoms with Crippen molar-refractivity contribution in [1.82, 2.24) is 14.8 Å². The lowest BCUT2D eigenvalue weighted by Crippen LogP contribution is -2.34. The van der Waals surface area contributed by atoms with Gasteiger partial charge in [-0.15, -0.1) is 11.3 Å². The van der Waals surface area contributed by atoms with Crippen LogP contribution in [0.1, 0.15) is 36.9 Å². The Morgan fingerprint density at radius 3 is 2.88 bits per heavy atom. The number of benzene rings is 1. The van der Waals surface area contributed by atoms with Crippen LogP contribution in [0.5, 0.6) is 0 Å². The topological polar surface area (TPSA) is 56.7 Å². The second kappa shape index (κ2) is 6.53. The van der Waals surface area contributed by atoms with Crippen molar-refractivity contribution in [2.75, 3.05) is 20.6 Å². The van der Waals surface area contributed by atoms with Gasteiger partial charge in [0.2, 0.25) is 0 Å². The molecule has 2 heterocycles. The van der Waals surface area contributed by atoms with E-state index in [0.29, 0.717) is 12.5 Å². The fourth-order valence-electron chi connectivity index (χ4n) is 2.87. The van der Waals surface area contributed by atoms with E-state index in [4.69, 9.17) is 4.98 Å². The molecule has 0 fully saturated rings. The number of carbonyl (C=O) groups is 1. The number of hydrogen-bond donors (Lipinski definition) is 1. The summed E-state index contributed by atoms with van der Waals surface area (Å²) in [7, 11) is 4.09. The van der Waals surface area contributed by atoms with Crippen molar-refractivity contribution in [2.45, 2.75) is 26.3 Å². The maximum atomic E-state index is 11.6. The number of rotatable bonds is 3. The highest BCUT2D eigenvalue weighted by molar-refractivity contribution is 7.18. The lowest BCUT2D eigenvalue weighted by molar-refractivity contribution is 0.159. The average Bonchev–Trinajstić information content (AvgIpc) is 2.96. The molecule has 1 aromatic carbocycles. The molecular weight excluding hydrogens is 322 g/mol. The first kappa shape index (κ1) is 16.9. The second-order valence-corrected chi connectivity index (χ2v) is 7.76. The third kappa shape index (κ3) is 3.16. The van der Waals surface area contributed by atoms with Crippen LogP contribution in [0.4, 0.5) is 4.79 Å². The molecule has 1 aliphatic rings. The Morgan fingerprint density at radius 2 is 2.21 bits per heavy atom. The van der Waals surface area contributed by atoms with Crippen LogP contribution in [0.15, 0.2) is 24.3 Å². The van der Waals surface area contributed by atoms with Crippen LogP contribution in [0.2, 0.25) is 0 Å². The van der Waals surface area contributed by atoms with Crippen LogP contribution < -0.4 is 0 Å². The molecule has 1 aliphatic heterocycles. The third-order valence-corrected chi connectivity index (χ3v) is 5.77. The Morgan fingerprint density at radius 1 is 1.46 bits per heavy atom. The normalized spacial score (nSPS) is 19.6. The molecule has 1 amide bonds. The smallest absolute Gasteiger partial charge is 0.411 e. The van der Waals surface area contributed by atoms with Gasteiger partial charge in [-0.2, -0.15) is 0 Å². The Labute approximate surface area is 146 Å². The highest BCUT2D eigenvalue weighted by Gasteiger charge is 2.25. The first-order valence-electron chi connectivity index (χ1n) is 8.14. The lowest BCUT2D eigenvalue weighted by atomic mass is 9.98. The van der Waals surface area contributed by atoms with Gasteiger partial charge in [0.1, 0.15) is 5.01 Å². The predicted molar refractivity (Wildman–Crippen MR) is 98.2 cm³/mol. The second-order valence-electron chi connectivity index (χ2n) is 6.70. The van der Waals surface area contributed by atoms with E-state index in [9.17, 15) is 9.90 Å².